The summed E-state index contributed by atoms with van der Waals surface area (Å²) < 4.78 is 0. The van der Waals surface area contributed by atoms with Crippen molar-refractivity contribution in [3.05, 3.63) is 294 Å². The van der Waals surface area contributed by atoms with Crippen LogP contribution in [0.25, 0.3) is 77.9 Å². The van der Waals surface area contributed by atoms with E-state index in [4.69, 9.17) is 0 Å². The fraction of sp³-hybridized carbons (Fsp3) is 0.0704. The van der Waals surface area contributed by atoms with Crippen molar-refractivity contribution in [2.75, 3.05) is 4.90 Å². The van der Waals surface area contributed by atoms with Gasteiger partial charge in [0.15, 0.2) is 0 Å². The van der Waals surface area contributed by atoms with Gasteiger partial charge in [0.1, 0.15) is 0 Å². The molecule has 0 aromatic heterocycles. The van der Waals surface area contributed by atoms with Crippen molar-refractivity contribution >= 4 is 17.1 Å². The maximum Gasteiger partial charge on any atom is 0.0546 e. The molecule has 0 atom stereocenters. The molecule has 0 amide bonds. The van der Waals surface area contributed by atoms with Crippen molar-refractivity contribution < 1.29 is 0 Å². The van der Waals surface area contributed by atoms with Gasteiger partial charge in [-0.3, -0.25) is 0 Å². The lowest BCUT2D eigenvalue weighted by Gasteiger charge is -2.31. The number of nitrogens with zero attached hydrogens (tertiary/aromatic N) is 1. The van der Waals surface area contributed by atoms with Gasteiger partial charge in [-0.2, -0.15) is 0 Å². The molecule has 0 saturated carbocycles. The van der Waals surface area contributed by atoms with E-state index in [0.29, 0.717) is 0 Å². The van der Waals surface area contributed by atoms with Crippen molar-refractivity contribution in [1.82, 2.24) is 0 Å². The summed E-state index contributed by atoms with van der Waals surface area (Å²) in [6.45, 7) is 4.72. The van der Waals surface area contributed by atoms with Crippen LogP contribution in [0.4, 0.5) is 17.1 Å². The summed E-state index contributed by atoms with van der Waals surface area (Å²) in [4.78, 5) is 2.52. The Balaban J connectivity index is 1.06. The van der Waals surface area contributed by atoms with Gasteiger partial charge in [0.25, 0.3) is 0 Å². The van der Waals surface area contributed by atoms with E-state index in [9.17, 15) is 0 Å². The van der Waals surface area contributed by atoms with Crippen molar-refractivity contribution in [2.24, 2.45) is 0 Å². The zero-order valence-corrected chi connectivity index (χ0v) is 40.7. The summed E-state index contributed by atoms with van der Waals surface area (Å²) in [7, 11) is 0. The molecule has 0 aliphatic heterocycles. The van der Waals surface area contributed by atoms with E-state index < -0.39 is 0 Å². The van der Waals surface area contributed by atoms with E-state index in [1.807, 2.05) is 0 Å². The fourth-order valence-corrected chi connectivity index (χ4v) is 12.0. The van der Waals surface area contributed by atoms with Gasteiger partial charge >= 0.3 is 0 Å². The van der Waals surface area contributed by atoms with Gasteiger partial charge in [0.2, 0.25) is 0 Å². The van der Waals surface area contributed by atoms with Gasteiger partial charge in [0.05, 0.1) is 5.69 Å². The highest BCUT2D eigenvalue weighted by Crippen LogP contribution is 2.53. The van der Waals surface area contributed by atoms with E-state index in [2.05, 4.69) is 280 Å². The molecule has 0 fully saturated rings. The first-order valence-corrected chi connectivity index (χ1v) is 25.3. The molecule has 11 aromatic rings. The monoisotopic (exact) mass is 919 g/mol. The number of fused-ring (bicyclic) bond motifs is 9. The van der Waals surface area contributed by atoms with Gasteiger partial charge < -0.3 is 4.90 Å². The highest BCUT2D eigenvalue weighted by molar-refractivity contribution is 6.02. The summed E-state index contributed by atoms with van der Waals surface area (Å²) in [5.41, 5.74) is 28.7. The maximum atomic E-state index is 2.52. The standard InChI is InChI=1S/C71H53N/c1-71(2)66-36-18-17-33-65(66)69-62(34-19-37-67(69)71)50-39-41-55(42-40-50)72(68-38-20-35-63(49-23-7-4-8-24-49)70(68)64-32-16-15-28-57(64)48-21-5-3-6-22-48)56-43-44-61-54(47-56)46-53-27-11-13-30-59(53)58-29-12-9-25-51(58)45-52-26-10-14-31-60(52)61/h3-44,47H,45-46H2,1-2H3. The summed E-state index contributed by atoms with van der Waals surface area (Å²) >= 11 is 0. The molecule has 0 unspecified atom stereocenters. The van der Waals surface area contributed by atoms with Crippen LogP contribution in [0.5, 0.6) is 0 Å². The van der Waals surface area contributed by atoms with Crippen LogP contribution in [0, 0.1) is 0 Å². The Morgan fingerprint density at radius 3 is 1.32 bits per heavy atom. The van der Waals surface area contributed by atoms with Crippen LogP contribution in [-0.4, -0.2) is 0 Å². The Labute approximate surface area is 424 Å². The molecular weight excluding hydrogens is 867 g/mol. The van der Waals surface area contributed by atoms with Crippen LogP contribution in [0.2, 0.25) is 0 Å². The zero-order chi connectivity index (χ0) is 48.2. The molecule has 0 spiro atoms. The summed E-state index contributed by atoms with van der Waals surface area (Å²) in [6.07, 6.45) is 1.63. The number of benzene rings is 11. The number of rotatable bonds is 7. The number of anilines is 3. The normalized spacial score (nSPS) is 12.9. The average Bonchev–Trinajstić information content (AvgIpc) is 3.68. The quantitative estimate of drug-likeness (QED) is 0.154. The van der Waals surface area contributed by atoms with Crippen molar-refractivity contribution in [3.8, 4) is 77.9 Å². The predicted octanol–water partition coefficient (Wildman–Crippen LogP) is 19.0. The molecule has 0 saturated heterocycles. The van der Waals surface area contributed by atoms with Crippen LogP contribution < -0.4 is 4.90 Å². The third-order valence-corrected chi connectivity index (χ3v) is 15.4. The Morgan fingerprint density at radius 2 is 0.694 bits per heavy atom. The fourth-order valence-electron chi connectivity index (χ4n) is 12.0. The summed E-state index contributed by atoms with van der Waals surface area (Å²) in [6, 6.07) is 97.0. The zero-order valence-electron chi connectivity index (χ0n) is 40.7. The van der Waals surface area contributed by atoms with Crippen LogP contribution in [0.1, 0.15) is 47.2 Å². The molecule has 72 heavy (non-hydrogen) atoms. The van der Waals surface area contributed by atoms with E-state index in [1.165, 1.54) is 111 Å². The van der Waals surface area contributed by atoms with E-state index >= 15 is 0 Å². The van der Waals surface area contributed by atoms with Crippen LogP contribution >= 0.6 is 0 Å². The second-order valence-electron chi connectivity index (χ2n) is 19.9. The van der Waals surface area contributed by atoms with Gasteiger partial charge in [0, 0.05) is 22.4 Å². The predicted molar refractivity (Wildman–Crippen MR) is 303 cm³/mol. The topological polar surface area (TPSA) is 3.24 Å². The largest absolute Gasteiger partial charge is 0.310 e. The van der Waals surface area contributed by atoms with Gasteiger partial charge in [-0.05, 0) is 149 Å². The second kappa shape index (κ2) is 17.9. The van der Waals surface area contributed by atoms with Gasteiger partial charge in [-0.25, -0.2) is 0 Å². The molecule has 2 aliphatic rings. The molecule has 2 aliphatic carbocycles. The average molecular weight is 920 g/mol. The number of hydrogen-bond acceptors (Lipinski definition) is 1. The smallest absolute Gasteiger partial charge is 0.0546 e. The third kappa shape index (κ3) is 7.40. The lowest BCUT2D eigenvalue weighted by atomic mass is 9.82. The molecule has 0 radical (unpaired) electrons. The lowest BCUT2D eigenvalue weighted by molar-refractivity contribution is 0.660. The van der Waals surface area contributed by atoms with E-state index in [-0.39, 0.29) is 5.41 Å². The van der Waals surface area contributed by atoms with Crippen molar-refractivity contribution in [1.29, 1.82) is 0 Å². The first-order valence-electron chi connectivity index (χ1n) is 25.3. The molecule has 0 N–H and O–H groups in total. The number of hydrogen-bond donors (Lipinski definition) is 0. The third-order valence-electron chi connectivity index (χ3n) is 15.4. The minimum absolute atomic E-state index is 0.0816. The van der Waals surface area contributed by atoms with Crippen LogP contribution in [0.15, 0.2) is 261 Å². The minimum Gasteiger partial charge on any atom is -0.310 e. The van der Waals surface area contributed by atoms with E-state index in [0.717, 1.165) is 29.9 Å². The summed E-state index contributed by atoms with van der Waals surface area (Å²) in [5, 5.41) is 0. The van der Waals surface area contributed by atoms with Crippen LogP contribution in [-0.2, 0) is 18.3 Å². The van der Waals surface area contributed by atoms with Crippen molar-refractivity contribution in [2.45, 2.75) is 32.1 Å². The van der Waals surface area contributed by atoms with Gasteiger partial charge in [-0.1, -0.05) is 244 Å². The Morgan fingerprint density at radius 1 is 0.278 bits per heavy atom. The lowest BCUT2D eigenvalue weighted by Crippen LogP contribution is -2.14. The van der Waals surface area contributed by atoms with Crippen LogP contribution in [0.3, 0.4) is 0 Å². The molecule has 13 rings (SSSR count). The summed E-state index contributed by atoms with van der Waals surface area (Å²) in [5.74, 6) is 0. The highest BCUT2D eigenvalue weighted by Gasteiger charge is 2.36. The molecule has 0 heterocycles. The molecule has 1 heteroatoms. The Kier molecular flexibility index (Phi) is 10.7. The maximum absolute atomic E-state index is 2.52. The SMILES string of the molecule is CC1(C)c2ccccc2-c2c(-c3ccc(N(c4ccc5c(c4)Cc4ccccc4-c4ccccc4Cc4ccccc4-5)c4cccc(-c5ccccc5)c4-c4ccccc4-c4ccccc4)cc3)cccc21. The Bertz CT molecular complexity index is 3820. The molecule has 0 bridgehead atoms. The molecule has 11 aromatic carbocycles. The first-order chi connectivity index (χ1) is 35.5. The molecular formula is C71H53N. The van der Waals surface area contributed by atoms with E-state index in [1.54, 1.807) is 0 Å². The minimum atomic E-state index is -0.0816. The first kappa shape index (κ1) is 43.3. The second-order valence-corrected chi connectivity index (χ2v) is 19.9. The van der Waals surface area contributed by atoms with Gasteiger partial charge in [-0.15, -0.1) is 0 Å². The Hall–Kier alpha value is -8.78. The highest BCUT2D eigenvalue weighted by atomic mass is 15.1. The molecule has 1 nitrogen and oxygen atoms in total. The van der Waals surface area contributed by atoms with Crippen molar-refractivity contribution in [3.63, 3.8) is 0 Å². The molecule has 342 valence electrons.